The van der Waals surface area contributed by atoms with Gasteiger partial charge in [0.15, 0.2) is 5.65 Å². The minimum atomic E-state index is -3.86. The summed E-state index contributed by atoms with van der Waals surface area (Å²) < 4.78 is 51.8. The molecule has 0 saturated carbocycles. The Morgan fingerprint density at radius 1 is 1.05 bits per heavy atom. The summed E-state index contributed by atoms with van der Waals surface area (Å²) in [6.07, 6.45) is -0.266. The summed E-state index contributed by atoms with van der Waals surface area (Å²) in [5, 5.41) is 0.131. The number of nitrogens with zero attached hydrogens (tertiary/aromatic N) is 2. The Balaban J connectivity index is 2.25. The van der Waals surface area contributed by atoms with Crippen LogP contribution in [0.15, 0.2) is 59.8 Å². The zero-order valence-electron chi connectivity index (χ0n) is 10.6. The Hall–Kier alpha value is -2.28. The highest BCUT2D eigenvalue weighted by atomic mass is 32.2. The van der Waals surface area contributed by atoms with Crippen LogP contribution < -0.4 is 0 Å². The second-order valence-electron chi connectivity index (χ2n) is 4.37. The molecule has 0 aliphatic rings. The van der Waals surface area contributed by atoms with E-state index >= 15 is 0 Å². The smallest absolute Gasteiger partial charge is 0.237 e. The minimum Gasteiger partial charge on any atom is -0.237 e. The van der Waals surface area contributed by atoms with Crippen LogP contribution in [0.3, 0.4) is 0 Å². The van der Waals surface area contributed by atoms with Crippen molar-refractivity contribution in [1.29, 1.82) is 0 Å². The Bertz CT molecular complexity index is 890. The summed E-state index contributed by atoms with van der Waals surface area (Å²) in [7, 11) is -3.86. The zero-order chi connectivity index (χ0) is 15.0. The van der Waals surface area contributed by atoms with Crippen LogP contribution in [-0.2, 0) is 10.0 Å². The maximum atomic E-state index is 12.9. The monoisotopic (exact) mass is 308 g/mol. The molecule has 0 saturated heterocycles. The summed E-state index contributed by atoms with van der Waals surface area (Å²) >= 11 is 0. The molecule has 3 rings (SSSR count). The Kier molecular flexibility index (Phi) is 3.21. The maximum Gasteiger partial charge on any atom is 0.269 e. The molecule has 0 radical (unpaired) electrons. The average Bonchev–Trinajstić information content (AvgIpc) is 2.92. The SMILES string of the molecule is O=S(=O)(c1ccccc1)n1ccc2c(C(F)F)ccnc21. The predicted octanol–water partition coefficient (Wildman–Crippen LogP) is 3.21. The van der Waals surface area contributed by atoms with E-state index in [2.05, 4.69) is 4.98 Å². The third kappa shape index (κ3) is 2.19. The molecular weight excluding hydrogens is 298 g/mol. The van der Waals surface area contributed by atoms with E-state index < -0.39 is 16.4 Å². The minimum absolute atomic E-state index is 0.00310. The number of hydrogen-bond donors (Lipinski definition) is 0. The van der Waals surface area contributed by atoms with Crippen molar-refractivity contribution in [3.63, 3.8) is 0 Å². The topological polar surface area (TPSA) is 52.0 Å². The van der Waals surface area contributed by atoms with Gasteiger partial charge >= 0.3 is 0 Å². The Morgan fingerprint density at radius 2 is 1.76 bits per heavy atom. The van der Waals surface area contributed by atoms with Gasteiger partial charge in [-0.1, -0.05) is 18.2 Å². The lowest BCUT2D eigenvalue weighted by atomic mass is 10.2. The second kappa shape index (κ2) is 4.92. The van der Waals surface area contributed by atoms with Gasteiger partial charge < -0.3 is 0 Å². The molecule has 0 aliphatic heterocycles. The van der Waals surface area contributed by atoms with Gasteiger partial charge in [0.1, 0.15) is 0 Å². The standard InChI is InChI=1S/C14H10F2N2O2S/c15-13(16)11-6-8-17-14-12(11)7-9-18(14)21(19,20)10-4-2-1-3-5-10/h1-9,13H. The molecule has 0 N–H and O–H groups in total. The highest BCUT2D eigenvalue weighted by Crippen LogP contribution is 2.28. The van der Waals surface area contributed by atoms with Gasteiger partial charge in [0, 0.05) is 23.3 Å². The average molecular weight is 308 g/mol. The van der Waals surface area contributed by atoms with Crippen molar-refractivity contribution in [1.82, 2.24) is 8.96 Å². The Morgan fingerprint density at radius 3 is 2.43 bits per heavy atom. The molecule has 0 aliphatic carbocycles. The third-order valence-corrected chi connectivity index (χ3v) is 4.80. The van der Waals surface area contributed by atoms with Crippen LogP contribution in [0.5, 0.6) is 0 Å². The van der Waals surface area contributed by atoms with Crippen molar-refractivity contribution in [2.75, 3.05) is 0 Å². The summed E-state index contributed by atoms with van der Waals surface area (Å²) in [6, 6.07) is 10.3. The van der Waals surface area contributed by atoms with Gasteiger partial charge in [-0.2, -0.15) is 0 Å². The first-order chi connectivity index (χ1) is 10.0. The first-order valence-electron chi connectivity index (χ1n) is 6.06. The molecule has 0 bridgehead atoms. The molecule has 7 heteroatoms. The number of fused-ring (bicyclic) bond motifs is 1. The van der Waals surface area contributed by atoms with Crippen molar-refractivity contribution >= 4 is 21.1 Å². The molecule has 0 atom stereocenters. The highest BCUT2D eigenvalue weighted by Gasteiger charge is 2.21. The van der Waals surface area contributed by atoms with E-state index in [0.717, 1.165) is 3.97 Å². The highest BCUT2D eigenvalue weighted by molar-refractivity contribution is 7.90. The second-order valence-corrected chi connectivity index (χ2v) is 6.18. The molecule has 21 heavy (non-hydrogen) atoms. The van der Waals surface area contributed by atoms with E-state index in [1.807, 2.05) is 0 Å². The summed E-state index contributed by atoms with van der Waals surface area (Å²) in [6.45, 7) is 0. The third-order valence-electron chi connectivity index (χ3n) is 3.12. The molecule has 2 heterocycles. The molecular formula is C14H10F2N2O2S. The van der Waals surface area contributed by atoms with E-state index in [4.69, 9.17) is 0 Å². The van der Waals surface area contributed by atoms with E-state index in [0.29, 0.717) is 0 Å². The van der Waals surface area contributed by atoms with E-state index in [-0.39, 0.29) is 21.5 Å². The van der Waals surface area contributed by atoms with Crippen LogP contribution in [0.1, 0.15) is 12.0 Å². The lowest BCUT2D eigenvalue weighted by molar-refractivity contribution is 0.153. The summed E-state index contributed by atoms with van der Waals surface area (Å²) in [5.41, 5.74) is -0.237. The molecule has 0 unspecified atom stereocenters. The van der Waals surface area contributed by atoms with Crippen LogP contribution in [0.2, 0.25) is 0 Å². The number of pyridine rings is 1. The van der Waals surface area contributed by atoms with Crippen LogP contribution in [0, 0.1) is 0 Å². The largest absolute Gasteiger partial charge is 0.269 e. The van der Waals surface area contributed by atoms with E-state index in [1.54, 1.807) is 18.2 Å². The normalized spacial score (nSPS) is 12.1. The zero-order valence-corrected chi connectivity index (χ0v) is 11.5. The lowest BCUT2D eigenvalue weighted by Crippen LogP contribution is -2.12. The van der Waals surface area contributed by atoms with Gasteiger partial charge in [-0.3, -0.25) is 0 Å². The molecule has 108 valence electrons. The fourth-order valence-corrected chi connectivity index (χ4v) is 3.45. The first-order valence-corrected chi connectivity index (χ1v) is 7.50. The number of benzene rings is 1. The van der Waals surface area contributed by atoms with Crippen LogP contribution in [0.4, 0.5) is 8.78 Å². The molecule has 4 nitrogen and oxygen atoms in total. The van der Waals surface area contributed by atoms with Crippen molar-refractivity contribution in [3.8, 4) is 0 Å². The van der Waals surface area contributed by atoms with Crippen LogP contribution in [0.25, 0.3) is 11.0 Å². The van der Waals surface area contributed by atoms with Crippen molar-refractivity contribution < 1.29 is 17.2 Å². The predicted molar refractivity (Wildman–Crippen MR) is 73.7 cm³/mol. The van der Waals surface area contributed by atoms with E-state index in [9.17, 15) is 17.2 Å². The van der Waals surface area contributed by atoms with E-state index in [1.165, 1.54) is 36.7 Å². The van der Waals surface area contributed by atoms with Crippen LogP contribution in [-0.4, -0.2) is 17.4 Å². The number of aromatic nitrogens is 2. The fraction of sp³-hybridized carbons (Fsp3) is 0.0714. The van der Waals surface area contributed by atoms with Gasteiger partial charge in [-0.15, -0.1) is 0 Å². The molecule has 0 amide bonds. The maximum absolute atomic E-state index is 12.9. The number of halogens is 2. The van der Waals surface area contributed by atoms with Gasteiger partial charge in [0.25, 0.3) is 16.4 Å². The Labute approximate surface area is 119 Å². The summed E-state index contributed by atoms with van der Waals surface area (Å²) in [4.78, 5) is 4.00. The fourth-order valence-electron chi connectivity index (χ4n) is 2.13. The summed E-state index contributed by atoms with van der Waals surface area (Å²) in [5.74, 6) is 0. The molecule has 0 fully saturated rings. The number of hydrogen-bond acceptors (Lipinski definition) is 3. The van der Waals surface area contributed by atoms with Gasteiger partial charge in [-0.05, 0) is 24.3 Å². The van der Waals surface area contributed by atoms with Gasteiger partial charge in [0.2, 0.25) is 0 Å². The van der Waals surface area contributed by atoms with Crippen molar-refractivity contribution in [2.45, 2.75) is 11.3 Å². The molecule has 0 spiro atoms. The number of rotatable bonds is 3. The van der Waals surface area contributed by atoms with Crippen LogP contribution >= 0.6 is 0 Å². The molecule has 3 aromatic rings. The lowest BCUT2D eigenvalue weighted by Gasteiger charge is -2.07. The number of alkyl halides is 2. The van der Waals surface area contributed by atoms with Crippen molar-refractivity contribution in [2.24, 2.45) is 0 Å². The first kappa shape index (κ1) is 13.7. The molecule has 1 aromatic carbocycles. The van der Waals surface area contributed by atoms with Gasteiger partial charge in [-0.25, -0.2) is 26.2 Å². The molecule has 2 aromatic heterocycles. The quantitative estimate of drug-likeness (QED) is 0.746. The van der Waals surface area contributed by atoms with Gasteiger partial charge in [0.05, 0.1) is 4.90 Å². The van der Waals surface area contributed by atoms with Crippen molar-refractivity contribution in [3.05, 3.63) is 60.4 Å².